The van der Waals surface area contributed by atoms with Crippen molar-refractivity contribution in [3.05, 3.63) is 18.0 Å². The Kier molecular flexibility index (Phi) is 5.29. The molecule has 0 bridgehead atoms. The summed E-state index contributed by atoms with van der Waals surface area (Å²) in [7, 11) is 0. The van der Waals surface area contributed by atoms with E-state index in [1.54, 1.807) is 4.52 Å². The number of aromatic nitrogens is 4. The van der Waals surface area contributed by atoms with E-state index in [4.69, 9.17) is 9.84 Å². The highest BCUT2D eigenvalue weighted by Gasteiger charge is 2.17. The van der Waals surface area contributed by atoms with Gasteiger partial charge in [0, 0.05) is 39.1 Å². The van der Waals surface area contributed by atoms with E-state index in [9.17, 15) is 4.79 Å². The Bertz CT molecular complexity index is 749. The van der Waals surface area contributed by atoms with Gasteiger partial charge < -0.3 is 15.0 Å². The normalized spacial score (nSPS) is 20.6. The highest BCUT2D eigenvalue weighted by molar-refractivity contribution is 5.76. The third-order valence-corrected chi connectivity index (χ3v) is 5.12. The number of nitrogens with one attached hydrogen (secondary N) is 1. The molecule has 1 atom stereocenters. The molecule has 0 aromatic carbocycles. The second-order valence-electron chi connectivity index (χ2n) is 7.06. The minimum Gasteiger partial charge on any atom is -0.376 e. The van der Waals surface area contributed by atoms with Crippen LogP contribution in [-0.4, -0.2) is 58.1 Å². The molecular weight excluding hydrogens is 332 g/mol. The average Bonchev–Trinajstić information content (AvgIpc) is 3.35. The maximum absolute atomic E-state index is 12.1. The number of anilines is 1. The van der Waals surface area contributed by atoms with E-state index in [1.807, 2.05) is 12.1 Å². The standard InChI is InChI=1S/C18H26N6O2/c25-18(19-13-14-5-4-12-26-14)9-8-16-21-20-15-6-7-17(22-24(15)16)23-10-2-1-3-11-23/h6-7,14H,1-5,8-13H2,(H,19,25)/t14-/m1/s1. The molecule has 2 aromatic rings. The zero-order valence-electron chi connectivity index (χ0n) is 15.1. The summed E-state index contributed by atoms with van der Waals surface area (Å²) >= 11 is 0. The Balaban J connectivity index is 1.37. The third kappa shape index (κ3) is 3.95. The average molecular weight is 358 g/mol. The molecule has 4 rings (SSSR count). The number of ether oxygens (including phenoxy) is 1. The van der Waals surface area contributed by atoms with Crippen molar-refractivity contribution in [2.45, 2.75) is 51.0 Å². The molecule has 140 valence electrons. The monoisotopic (exact) mass is 358 g/mol. The van der Waals surface area contributed by atoms with Crippen molar-refractivity contribution >= 4 is 17.4 Å². The van der Waals surface area contributed by atoms with Gasteiger partial charge in [-0.2, -0.15) is 4.52 Å². The Labute approximate surface area is 152 Å². The van der Waals surface area contributed by atoms with Crippen molar-refractivity contribution in [1.82, 2.24) is 25.1 Å². The van der Waals surface area contributed by atoms with Crippen molar-refractivity contribution < 1.29 is 9.53 Å². The van der Waals surface area contributed by atoms with Crippen LogP contribution in [0.5, 0.6) is 0 Å². The summed E-state index contributed by atoms with van der Waals surface area (Å²) < 4.78 is 7.30. The van der Waals surface area contributed by atoms with Crippen molar-refractivity contribution in [3.8, 4) is 0 Å². The first-order chi connectivity index (χ1) is 12.8. The summed E-state index contributed by atoms with van der Waals surface area (Å²) in [5.41, 5.74) is 0.723. The molecule has 2 aliphatic rings. The number of carbonyl (C=O) groups is 1. The van der Waals surface area contributed by atoms with Gasteiger partial charge in [0.25, 0.3) is 0 Å². The second-order valence-corrected chi connectivity index (χ2v) is 7.06. The lowest BCUT2D eigenvalue weighted by atomic mass is 10.1. The Morgan fingerprint density at radius 3 is 2.88 bits per heavy atom. The van der Waals surface area contributed by atoms with Crippen molar-refractivity contribution in [2.75, 3.05) is 31.1 Å². The lowest BCUT2D eigenvalue weighted by Gasteiger charge is -2.27. The SMILES string of the molecule is O=C(CCc1nnc2ccc(N3CCCCC3)nn12)NC[C@H]1CCCO1. The van der Waals surface area contributed by atoms with Crippen molar-refractivity contribution in [1.29, 1.82) is 0 Å². The van der Waals surface area contributed by atoms with Crippen LogP contribution >= 0.6 is 0 Å². The number of hydrogen-bond donors (Lipinski definition) is 1. The fourth-order valence-electron chi connectivity index (χ4n) is 3.62. The predicted molar refractivity (Wildman–Crippen MR) is 97.2 cm³/mol. The van der Waals surface area contributed by atoms with Crippen LogP contribution in [-0.2, 0) is 16.0 Å². The van der Waals surface area contributed by atoms with Crippen molar-refractivity contribution in [2.24, 2.45) is 0 Å². The summed E-state index contributed by atoms with van der Waals surface area (Å²) in [6.45, 7) is 3.48. The maximum atomic E-state index is 12.1. The van der Waals surface area contributed by atoms with E-state index in [2.05, 4.69) is 20.4 Å². The molecule has 2 aliphatic heterocycles. The molecule has 2 aromatic heterocycles. The summed E-state index contributed by atoms with van der Waals surface area (Å²) in [5, 5.41) is 16.1. The molecule has 0 spiro atoms. The van der Waals surface area contributed by atoms with Crippen LogP contribution in [0.3, 0.4) is 0 Å². The minimum absolute atomic E-state index is 0.0180. The van der Waals surface area contributed by atoms with Gasteiger partial charge in [-0.3, -0.25) is 4.79 Å². The van der Waals surface area contributed by atoms with Crippen LogP contribution in [0.2, 0.25) is 0 Å². The molecule has 1 amide bonds. The van der Waals surface area contributed by atoms with E-state index in [0.29, 0.717) is 19.4 Å². The highest BCUT2D eigenvalue weighted by Crippen LogP contribution is 2.18. The van der Waals surface area contributed by atoms with Gasteiger partial charge in [-0.15, -0.1) is 15.3 Å². The number of aryl methyl sites for hydroxylation is 1. The molecule has 0 unspecified atom stereocenters. The number of nitrogens with zero attached hydrogens (tertiary/aromatic N) is 5. The molecule has 8 heteroatoms. The fraction of sp³-hybridized carbons (Fsp3) is 0.667. The second kappa shape index (κ2) is 7.99. The highest BCUT2D eigenvalue weighted by atomic mass is 16.5. The predicted octanol–water partition coefficient (Wildman–Crippen LogP) is 1.34. The van der Waals surface area contributed by atoms with Crippen LogP contribution in [0.15, 0.2) is 12.1 Å². The number of amides is 1. The third-order valence-electron chi connectivity index (χ3n) is 5.12. The van der Waals surface area contributed by atoms with Gasteiger partial charge in [-0.1, -0.05) is 0 Å². The molecule has 26 heavy (non-hydrogen) atoms. The first-order valence-electron chi connectivity index (χ1n) is 9.64. The van der Waals surface area contributed by atoms with E-state index >= 15 is 0 Å². The fourth-order valence-corrected chi connectivity index (χ4v) is 3.62. The molecule has 8 nitrogen and oxygen atoms in total. The van der Waals surface area contributed by atoms with Crippen molar-refractivity contribution in [3.63, 3.8) is 0 Å². The van der Waals surface area contributed by atoms with Gasteiger partial charge in [0.15, 0.2) is 11.5 Å². The molecule has 0 saturated carbocycles. The number of hydrogen-bond acceptors (Lipinski definition) is 6. The van der Waals surface area contributed by atoms with E-state index < -0.39 is 0 Å². The number of fused-ring (bicyclic) bond motifs is 1. The summed E-state index contributed by atoms with van der Waals surface area (Å²) in [5.74, 6) is 1.71. The topological polar surface area (TPSA) is 84.7 Å². The lowest BCUT2D eigenvalue weighted by Crippen LogP contribution is -2.32. The van der Waals surface area contributed by atoms with Gasteiger partial charge in [0.1, 0.15) is 5.82 Å². The van der Waals surface area contributed by atoms with Gasteiger partial charge >= 0.3 is 0 Å². The first-order valence-corrected chi connectivity index (χ1v) is 9.64. The van der Waals surface area contributed by atoms with E-state index in [-0.39, 0.29) is 12.0 Å². The summed E-state index contributed by atoms with van der Waals surface area (Å²) in [6.07, 6.45) is 6.88. The Morgan fingerprint density at radius 2 is 2.08 bits per heavy atom. The van der Waals surface area contributed by atoms with Crippen LogP contribution < -0.4 is 10.2 Å². The molecule has 0 radical (unpaired) electrons. The molecule has 2 fully saturated rings. The van der Waals surface area contributed by atoms with Gasteiger partial charge in [-0.25, -0.2) is 0 Å². The molecule has 2 saturated heterocycles. The molecular formula is C18H26N6O2. The number of piperidine rings is 1. The largest absolute Gasteiger partial charge is 0.376 e. The Hall–Kier alpha value is -2.22. The number of carbonyl (C=O) groups excluding carboxylic acids is 1. The van der Waals surface area contributed by atoms with E-state index in [0.717, 1.165) is 49.8 Å². The molecule has 0 aliphatic carbocycles. The van der Waals surface area contributed by atoms with Crippen LogP contribution in [0, 0.1) is 0 Å². The molecule has 4 heterocycles. The van der Waals surface area contributed by atoms with Gasteiger partial charge in [0.2, 0.25) is 5.91 Å². The van der Waals surface area contributed by atoms with Crippen LogP contribution in [0.1, 0.15) is 44.3 Å². The van der Waals surface area contributed by atoms with Gasteiger partial charge in [-0.05, 0) is 44.2 Å². The van der Waals surface area contributed by atoms with E-state index in [1.165, 1.54) is 19.3 Å². The van der Waals surface area contributed by atoms with Gasteiger partial charge in [0.05, 0.1) is 6.10 Å². The first kappa shape index (κ1) is 17.2. The van der Waals surface area contributed by atoms with Crippen LogP contribution in [0.4, 0.5) is 5.82 Å². The summed E-state index contributed by atoms with van der Waals surface area (Å²) in [4.78, 5) is 14.4. The smallest absolute Gasteiger partial charge is 0.220 e. The zero-order valence-corrected chi connectivity index (χ0v) is 15.1. The zero-order chi connectivity index (χ0) is 17.8. The lowest BCUT2D eigenvalue weighted by molar-refractivity contribution is -0.121. The minimum atomic E-state index is 0.0180. The van der Waals surface area contributed by atoms with Crippen LogP contribution in [0.25, 0.3) is 5.65 Å². The quantitative estimate of drug-likeness (QED) is 0.839. The Morgan fingerprint density at radius 1 is 1.19 bits per heavy atom. The maximum Gasteiger partial charge on any atom is 0.220 e. The number of rotatable bonds is 6. The summed E-state index contributed by atoms with van der Waals surface area (Å²) in [6, 6.07) is 3.96. The molecule has 1 N–H and O–H groups in total.